The van der Waals surface area contributed by atoms with Crippen molar-refractivity contribution in [3.63, 3.8) is 0 Å². The summed E-state index contributed by atoms with van der Waals surface area (Å²) < 4.78 is 13.0. The summed E-state index contributed by atoms with van der Waals surface area (Å²) in [4.78, 5) is 59.1. The van der Waals surface area contributed by atoms with Gasteiger partial charge in [0, 0.05) is 32.7 Å². The zero-order chi connectivity index (χ0) is 31.3. The Morgan fingerprint density at radius 1 is 1.00 bits per heavy atom. The average molecular weight is 608 g/mol. The zero-order valence-electron chi connectivity index (χ0n) is 25.7. The van der Waals surface area contributed by atoms with E-state index in [1.807, 2.05) is 48.6 Å². The van der Waals surface area contributed by atoms with Gasteiger partial charge >= 0.3 is 5.97 Å². The number of carbonyl (C=O) groups is 4. The van der Waals surface area contributed by atoms with Gasteiger partial charge in [0.1, 0.15) is 23.7 Å². The normalized spacial score (nSPS) is 33.0. The van der Waals surface area contributed by atoms with Gasteiger partial charge in [0.15, 0.2) is 0 Å². The fraction of sp³-hybridized carbons (Fsp3) is 0.588. The predicted molar refractivity (Wildman–Crippen MR) is 163 cm³/mol. The van der Waals surface area contributed by atoms with Crippen LogP contribution in [0, 0.1) is 11.8 Å². The van der Waals surface area contributed by atoms with Crippen molar-refractivity contribution in [3.8, 4) is 0 Å². The van der Waals surface area contributed by atoms with Crippen LogP contribution < -0.4 is 5.32 Å². The van der Waals surface area contributed by atoms with Crippen LogP contribution in [-0.2, 0) is 28.7 Å². The first kappa shape index (κ1) is 31.9. The first-order valence-corrected chi connectivity index (χ1v) is 16.1. The van der Waals surface area contributed by atoms with Gasteiger partial charge in [-0.05, 0) is 44.6 Å². The molecular formula is C34H45N3O7. The monoisotopic (exact) mass is 607 g/mol. The largest absolute Gasteiger partial charge is 0.455 e. The van der Waals surface area contributed by atoms with Crippen LogP contribution in [0.5, 0.6) is 0 Å². The molecule has 3 amide bonds. The van der Waals surface area contributed by atoms with Crippen LogP contribution in [-0.4, -0.2) is 88.6 Å². The number of carbonyl (C=O) groups excluding carboxylic acids is 4. The highest BCUT2D eigenvalue weighted by atomic mass is 16.6. The van der Waals surface area contributed by atoms with Gasteiger partial charge in [0.2, 0.25) is 17.7 Å². The fourth-order valence-electron chi connectivity index (χ4n) is 7.11. The van der Waals surface area contributed by atoms with Crippen LogP contribution in [0.25, 0.3) is 0 Å². The first-order chi connectivity index (χ1) is 21.3. The fourth-order valence-corrected chi connectivity index (χ4v) is 7.11. The third kappa shape index (κ3) is 6.19. The van der Waals surface area contributed by atoms with Crippen molar-refractivity contribution in [2.45, 2.75) is 88.7 Å². The molecule has 5 rings (SSSR count). The van der Waals surface area contributed by atoms with Crippen LogP contribution in [0.4, 0.5) is 0 Å². The summed E-state index contributed by atoms with van der Waals surface area (Å²) >= 11 is 0. The Kier molecular flexibility index (Phi) is 10.2. The summed E-state index contributed by atoms with van der Waals surface area (Å²) in [6, 6.07) is 7.82. The minimum atomic E-state index is -1.34. The molecule has 0 radical (unpaired) electrons. The summed E-state index contributed by atoms with van der Waals surface area (Å²) in [6.07, 6.45) is 10.0. The summed E-state index contributed by atoms with van der Waals surface area (Å²) in [5.74, 6) is -3.17. The van der Waals surface area contributed by atoms with E-state index in [1.54, 1.807) is 22.8 Å². The minimum Gasteiger partial charge on any atom is -0.455 e. The number of nitrogens with one attached hydrogen (secondary N) is 1. The van der Waals surface area contributed by atoms with Crippen molar-refractivity contribution in [2.75, 3.05) is 26.2 Å². The molecule has 10 nitrogen and oxygen atoms in total. The van der Waals surface area contributed by atoms with Gasteiger partial charge in [0.25, 0.3) is 0 Å². The molecule has 0 bridgehead atoms. The van der Waals surface area contributed by atoms with E-state index in [9.17, 15) is 24.3 Å². The van der Waals surface area contributed by atoms with Gasteiger partial charge in [-0.15, -0.1) is 0 Å². The van der Waals surface area contributed by atoms with Gasteiger partial charge in [-0.25, -0.2) is 0 Å². The van der Waals surface area contributed by atoms with Gasteiger partial charge in [-0.1, -0.05) is 68.0 Å². The number of hydrogen-bond acceptors (Lipinski definition) is 7. The highest BCUT2D eigenvalue weighted by molar-refractivity contribution is 5.99. The topological polar surface area (TPSA) is 125 Å². The number of amides is 3. The maximum absolute atomic E-state index is 14.4. The van der Waals surface area contributed by atoms with E-state index in [1.165, 1.54) is 0 Å². The van der Waals surface area contributed by atoms with E-state index in [0.717, 1.165) is 18.4 Å². The molecule has 0 unspecified atom stereocenters. The Morgan fingerprint density at radius 3 is 2.55 bits per heavy atom. The second-order valence-corrected chi connectivity index (χ2v) is 12.3. The number of unbranched alkanes of at least 4 members (excludes halogenated alkanes) is 3. The number of aliphatic hydroxyl groups excluding tert-OH is 1. The summed E-state index contributed by atoms with van der Waals surface area (Å²) in [7, 11) is 0. The number of rotatable bonds is 9. The molecule has 10 heteroatoms. The molecule has 1 aromatic rings. The molecule has 44 heavy (non-hydrogen) atoms. The van der Waals surface area contributed by atoms with Gasteiger partial charge in [0.05, 0.1) is 18.1 Å². The first-order valence-electron chi connectivity index (χ1n) is 16.1. The SMILES string of the molecule is CCCCN1CC=C[C@@]23O[C@H]4/C=C\CCC(=O)N[C@@H](C)[C@H](c5ccccc5)OC(=O)[C@H]4[C@@H]2C(=O)N(CCCCCO)[C@H]3C1=O. The lowest BCUT2D eigenvalue weighted by Crippen LogP contribution is -2.55. The van der Waals surface area contributed by atoms with E-state index >= 15 is 0 Å². The lowest BCUT2D eigenvalue weighted by atomic mass is 9.77. The maximum Gasteiger partial charge on any atom is 0.313 e. The second-order valence-electron chi connectivity index (χ2n) is 12.3. The van der Waals surface area contributed by atoms with Gasteiger partial charge in [-0.3, -0.25) is 19.2 Å². The smallest absolute Gasteiger partial charge is 0.313 e. The maximum atomic E-state index is 14.4. The number of esters is 1. The van der Waals surface area contributed by atoms with Crippen LogP contribution >= 0.6 is 0 Å². The lowest BCUT2D eigenvalue weighted by Gasteiger charge is -2.35. The van der Waals surface area contributed by atoms with Crippen molar-refractivity contribution in [1.82, 2.24) is 15.1 Å². The van der Waals surface area contributed by atoms with Crippen LogP contribution in [0.2, 0.25) is 0 Å². The third-order valence-electron chi connectivity index (χ3n) is 9.27. The summed E-state index contributed by atoms with van der Waals surface area (Å²) in [5, 5.41) is 12.3. The molecule has 0 saturated carbocycles. The predicted octanol–water partition coefficient (Wildman–Crippen LogP) is 3.07. The molecule has 4 aliphatic rings. The highest BCUT2D eigenvalue weighted by Crippen LogP contribution is 2.53. The molecule has 4 aliphatic heterocycles. The molecule has 1 aromatic carbocycles. The highest BCUT2D eigenvalue weighted by Gasteiger charge is 2.71. The molecule has 2 fully saturated rings. The number of benzene rings is 1. The Hall–Kier alpha value is -3.50. The zero-order valence-corrected chi connectivity index (χ0v) is 25.7. The van der Waals surface area contributed by atoms with Crippen molar-refractivity contribution < 1.29 is 33.8 Å². The molecule has 7 atom stereocenters. The number of allylic oxidation sites excluding steroid dienone is 1. The standard InChI is InChI=1S/C34H45N3O7/c1-3-4-19-36-20-13-18-34-28(31(40)37(30(34)32(36)41)21-11-6-12-22-38)27-25(44-34)16-9-10-17-26(39)35-23(2)29(43-33(27)42)24-14-7-5-8-15-24/h5,7-9,13-16,18,23,25,27-30,38H,3-4,6,10-12,17,19-22H2,1-2H3,(H,35,39)/b16-9-/t23-,25-,27+,28+,29+,30-,34+/m0/s1. The Labute approximate surface area is 259 Å². The van der Waals surface area contributed by atoms with E-state index in [0.29, 0.717) is 45.3 Å². The molecular weight excluding hydrogens is 562 g/mol. The number of nitrogens with zero attached hydrogens (tertiary/aromatic N) is 2. The van der Waals surface area contributed by atoms with E-state index in [4.69, 9.17) is 9.47 Å². The van der Waals surface area contributed by atoms with Crippen molar-refractivity contribution in [1.29, 1.82) is 0 Å². The Bertz CT molecular complexity index is 1270. The van der Waals surface area contributed by atoms with Gasteiger partial charge in [-0.2, -0.15) is 0 Å². The van der Waals surface area contributed by atoms with E-state index < -0.39 is 47.7 Å². The quantitative estimate of drug-likeness (QED) is 0.251. The van der Waals surface area contributed by atoms with Crippen LogP contribution in [0.3, 0.4) is 0 Å². The lowest BCUT2D eigenvalue weighted by molar-refractivity contribution is -0.161. The minimum absolute atomic E-state index is 0.0584. The Balaban J connectivity index is 1.55. The second kappa shape index (κ2) is 14.1. The van der Waals surface area contributed by atoms with E-state index in [-0.39, 0.29) is 30.7 Å². The van der Waals surface area contributed by atoms with Crippen LogP contribution in [0.15, 0.2) is 54.6 Å². The van der Waals surface area contributed by atoms with Crippen molar-refractivity contribution in [3.05, 3.63) is 60.2 Å². The molecule has 1 spiro atoms. The van der Waals surface area contributed by atoms with Crippen molar-refractivity contribution in [2.24, 2.45) is 11.8 Å². The number of fused-ring (bicyclic) bond motifs is 2. The van der Waals surface area contributed by atoms with Crippen LogP contribution in [0.1, 0.15) is 70.5 Å². The number of aliphatic hydroxyl groups is 1. The summed E-state index contributed by atoms with van der Waals surface area (Å²) in [5.41, 5.74) is -0.615. The third-order valence-corrected chi connectivity index (χ3v) is 9.27. The number of ether oxygens (including phenoxy) is 2. The molecule has 2 N–H and O–H groups in total. The van der Waals surface area contributed by atoms with E-state index in [2.05, 4.69) is 12.2 Å². The summed E-state index contributed by atoms with van der Waals surface area (Å²) in [6.45, 7) is 5.22. The molecule has 2 saturated heterocycles. The molecule has 0 aromatic heterocycles. The Morgan fingerprint density at radius 2 is 1.80 bits per heavy atom. The number of likely N-dealkylation sites (tertiary alicyclic amines) is 1. The molecule has 4 heterocycles. The molecule has 238 valence electrons. The molecule has 0 aliphatic carbocycles. The van der Waals surface area contributed by atoms with Crippen molar-refractivity contribution >= 4 is 23.7 Å². The number of cyclic esters (lactones) is 1. The average Bonchev–Trinajstić information content (AvgIpc) is 3.40. The van der Waals surface area contributed by atoms with Gasteiger partial charge < -0.3 is 29.7 Å². The number of hydrogen-bond donors (Lipinski definition) is 2.